The molecule has 0 fully saturated rings. The maximum absolute atomic E-state index is 5.52. The van der Waals surface area contributed by atoms with Gasteiger partial charge in [0.05, 0.1) is 31.0 Å². The molecule has 0 bridgehead atoms. The number of nitrogens with zero attached hydrogens (tertiary/aromatic N) is 1. The Hall–Kier alpha value is -3.37. The van der Waals surface area contributed by atoms with Crippen molar-refractivity contribution in [3.63, 3.8) is 0 Å². The van der Waals surface area contributed by atoms with E-state index in [1.54, 1.807) is 26.0 Å². The lowest BCUT2D eigenvalue weighted by molar-refractivity contribution is 0.415. The minimum absolute atomic E-state index is 0.827. The van der Waals surface area contributed by atoms with Gasteiger partial charge in [-0.1, -0.05) is 55.6 Å². The highest BCUT2D eigenvalue weighted by molar-refractivity contribution is 8.03. The fourth-order valence-corrected chi connectivity index (χ4v) is 4.80. The van der Waals surface area contributed by atoms with Crippen molar-refractivity contribution in [1.82, 2.24) is 4.57 Å². The van der Waals surface area contributed by atoms with Crippen LogP contribution in [0.1, 0.15) is 13.3 Å². The van der Waals surface area contributed by atoms with Gasteiger partial charge in [-0.15, -0.1) is 0 Å². The predicted molar refractivity (Wildman–Crippen MR) is 138 cm³/mol. The highest BCUT2D eigenvalue weighted by atomic mass is 32.2. The molecule has 4 aromatic rings. The summed E-state index contributed by atoms with van der Waals surface area (Å²) in [5.41, 5.74) is 3.24. The van der Waals surface area contributed by atoms with E-state index in [0.717, 1.165) is 50.3 Å². The molecular weight excluding hydrogens is 414 g/mol. The average Bonchev–Trinajstić information content (AvgIpc) is 3.16. The monoisotopic (exact) mass is 441 g/mol. The van der Waals surface area contributed by atoms with Gasteiger partial charge in [0.2, 0.25) is 0 Å². The second-order valence-electron chi connectivity index (χ2n) is 7.28. The lowest BCUT2D eigenvalue weighted by Gasteiger charge is -2.14. The third-order valence-electron chi connectivity index (χ3n) is 5.34. The van der Waals surface area contributed by atoms with Gasteiger partial charge in [0.15, 0.2) is 0 Å². The molecule has 4 rings (SSSR count). The third-order valence-corrected chi connectivity index (χ3v) is 6.42. The number of hydrogen-bond donors (Lipinski definition) is 0. The summed E-state index contributed by atoms with van der Waals surface area (Å²) in [6.45, 7) is 6.34. The SMILES string of the molecule is C=C/C(=C(\C=C/CC)Sc1ccccc1)n1c2ccc(OC)cc2c2cc(OC)ccc21. The first-order valence-corrected chi connectivity index (χ1v) is 11.4. The van der Waals surface area contributed by atoms with Crippen molar-refractivity contribution in [2.75, 3.05) is 14.2 Å². The standard InChI is InChI=1S/C28H27NO2S/c1-5-7-13-28(32-22-11-9-8-10-12-22)25(6-2)29-26-16-14-20(30-3)18-23(26)24-19-21(31-4)15-17-27(24)29/h6-19H,2,5H2,1,3-4H3/b13-7-,28-25-. The van der Waals surface area contributed by atoms with E-state index in [-0.39, 0.29) is 0 Å². The van der Waals surface area contributed by atoms with Crippen LogP contribution in [-0.4, -0.2) is 18.8 Å². The van der Waals surface area contributed by atoms with E-state index in [9.17, 15) is 0 Å². The molecule has 0 atom stereocenters. The maximum Gasteiger partial charge on any atom is 0.119 e. The zero-order chi connectivity index (χ0) is 22.5. The Bertz CT molecular complexity index is 1250. The second-order valence-corrected chi connectivity index (χ2v) is 8.40. The van der Waals surface area contributed by atoms with Crippen LogP contribution in [0.25, 0.3) is 27.5 Å². The summed E-state index contributed by atoms with van der Waals surface area (Å²) < 4.78 is 13.3. The van der Waals surface area contributed by atoms with Gasteiger partial charge in [0.1, 0.15) is 11.5 Å². The minimum Gasteiger partial charge on any atom is -0.497 e. The van der Waals surface area contributed by atoms with Crippen LogP contribution in [0.3, 0.4) is 0 Å². The molecule has 0 aliphatic rings. The number of allylic oxidation sites excluding steroid dienone is 4. The van der Waals surface area contributed by atoms with Crippen molar-refractivity contribution >= 4 is 39.3 Å². The Balaban J connectivity index is 2.04. The van der Waals surface area contributed by atoms with E-state index in [0.29, 0.717) is 0 Å². The third kappa shape index (κ3) is 4.19. The van der Waals surface area contributed by atoms with Gasteiger partial charge < -0.3 is 14.0 Å². The van der Waals surface area contributed by atoms with Crippen LogP contribution in [0, 0.1) is 0 Å². The van der Waals surface area contributed by atoms with Crippen molar-refractivity contribution < 1.29 is 9.47 Å². The maximum atomic E-state index is 5.52. The quantitative estimate of drug-likeness (QED) is 0.205. The first-order chi connectivity index (χ1) is 15.7. The van der Waals surface area contributed by atoms with Crippen LogP contribution in [0.2, 0.25) is 0 Å². The number of hydrogen-bond acceptors (Lipinski definition) is 3. The number of thioether (sulfide) groups is 1. The molecule has 0 saturated carbocycles. The molecule has 0 aliphatic carbocycles. The molecule has 3 nitrogen and oxygen atoms in total. The fraction of sp³-hybridized carbons (Fsp3) is 0.143. The Labute approximate surface area is 193 Å². The Morgan fingerprint density at radius 2 is 1.50 bits per heavy atom. The highest BCUT2D eigenvalue weighted by Crippen LogP contribution is 2.39. The largest absolute Gasteiger partial charge is 0.497 e. The zero-order valence-corrected chi connectivity index (χ0v) is 19.5. The Kier molecular flexibility index (Phi) is 6.72. The van der Waals surface area contributed by atoms with Crippen LogP contribution in [0.15, 0.2) is 101 Å². The summed E-state index contributed by atoms with van der Waals surface area (Å²) in [7, 11) is 3.39. The van der Waals surface area contributed by atoms with Crippen molar-refractivity contribution in [3.8, 4) is 11.5 Å². The van der Waals surface area contributed by atoms with Crippen molar-refractivity contribution in [1.29, 1.82) is 0 Å². The number of fused-ring (bicyclic) bond motifs is 3. The van der Waals surface area contributed by atoms with E-state index in [1.165, 1.54) is 4.90 Å². The van der Waals surface area contributed by atoms with Gasteiger partial charge in [0, 0.05) is 20.6 Å². The summed E-state index contributed by atoms with van der Waals surface area (Å²) in [5, 5.41) is 2.22. The topological polar surface area (TPSA) is 23.4 Å². The van der Waals surface area contributed by atoms with Gasteiger partial charge in [-0.05, 0) is 61.0 Å². The fourth-order valence-electron chi connectivity index (χ4n) is 3.81. The van der Waals surface area contributed by atoms with E-state index in [1.807, 2.05) is 24.3 Å². The zero-order valence-electron chi connectivity index (χ0n) is 18.7. The molecule has 0 spiro atoms. The Morgan fingerprint density at radius 3 is 2.00 bits per heavy atom. The average molecular weight is 442 g/mol. The van der Waals surface area contributed by atoms with E-state index in [4.69, 9.17) is 9.47 Å². The van der Waals surface area contributed by atoms with Gasteiger partial charge >= 0.3 is 0 Å². The second kappa shape index (κ2) is 9.84. The van der Waals surface area contributed by atoms with Crippen LogP contribution >= 0.6 is 11.8 Å². The smallest absolute Gasteiger partial charge is 0.119 e. The number of methoxy groups -OCH3 is 2. The summed E-state index contributed by atoms with van der Waals surface area (Å²) in [4.78, 5) is 2.32. The van der Waals surface area contributed by atoms with E-state index >= 15 is 0 Å². The first-order valence-electron chi connectivity index (χ1n) is 10.6. The molecule has 3 aromatic carbocycles. The molecule has 162 valence electrons. The lowest BCUT2D eigenvalue weighted by Crippen LogP contribution is -1.97. The first kappa shape index (κ1) is 21.8. The van der Waals surface area contributed by atoms with E-state index in [2.05, 4.69) is 78.8 Å². The molecule has 1 heterocycles. The number of ether oxygens (including phenoxy) is 2. The predicted octanol–water partition coefficient (Wildman–Crippen LogP) is 7.92. The van der Waals surface area contributed by atoms with Gasteiger partial charge in [-0.3, -0.25) is 0 Å². The molecule has 0 saturated heterocycles. The highest BCUT2D eigenvalue weighted by Gasteiger charge is 2.17. The molecule has 0 aliphatic heterocycles. The molecule has 0 amide bonds. The molecule has 1 aromatic heterocycles. The lowest BCUT2D eigenvalue weighted by atomic mass is 10.1. The molecule has 0 N–H and O–H groups in total. The summed E-state index contributed by atoms with van der Waals surface area (Å²) >= 11 is 1.74. The van der Waals surface area contributed by atoms with Crippen molar-refractivity contribution in [2.45, 2.75) is 18.2 Å². The van der Waals surface area contributed by atoms with Crippen molar-refractivity contribution in [2.24, 2.45) is 0 Å². The molecule has 0 radical (unpaired) electrons. The number of aromatic nitrogens is 1. The van der Waals surface area contributed by atoms with Gasteiger partial charge in [0.25, 0.3) is 0 Å². The van der Waals surface area contributed by atoms with Gasteiger partial charge in [-0.2, -0.15) is 0 Å². The minimum atomic E-state index is 0.827. The van der Waals surface area contributed by atoms with Crippen LogP contribution in [-0.2, 0) is 0 Å². The number of benzene rings is 3. The summed E-state index contributed by atoms with van der Waals surface area (Å²) in [5.74, 6) is 1.65. The van der Waals surface area contributed by atoms with Gasteiger partial charge in [-0.25, -0.2) is 0 Å². The van der Waals surface area contributed by atoms with Crippen LogP contribution in [0.5, 0.6) is 11.5 Å². The van der Waals surface area contributed by atoms with E-state index < -0.39 is 0 Å². The molecule has 32 heavy (non-hydrogen) atoms. The molecule has 0 unspecified atom stereocenters. The normalized spacial score (nSPS) is 12.3. The van der Waals surface area contributed by atoms with Crippen molar-refractivity contribution in [3.05, 3.63) is 96.4 Å². The molecule has 4 heteroatoms. The van der Waals surface area contributed by atoms with Crippen LogP contribution < -0.4 is 9.47 Å². The molecular formula is C28H27NO2S. The van der Waals surface area contributed by atoms with Crippen LogP contribution in [0.4, 0.5) is 0 Å². The summed E-state index contributed by atoms with van der Waals surface area (Å²) in [6.07, 6.45) is 7.29. The Morgan fingerprint density at radius 1 is 0.906 bits per heavy atom. The summed E-state index contributed by atoms with van der Waals surface area (Å²) in [6, 6.07) is 22.8. The number of rotatable bonds is 8.